The highest BCUT2D eigenvalue weighted by molar-refractivity contribution is 5.87. The Morgan fingerprint density at radius 2 is 1.60 bits per heavy atom. The first kappa shape index (κ1) is 23.3. The van der Waals surface area contributed by atoms with E-state index in [9.17, 15) is 4.79 Å². The van der Waals surface area contributed by atoms with E-state index in [-0.39, 0.29) is 12.4 Å². The average molecular weight is 428 g/mol. The number of nitrogens with one attached hydrogen (secondary N) is 1. The predicted molar refractivity (Wildman–Crippen MR) is 120 cm³/mol. The van der Waals surface area contributed by atoms with E-state index in [4.69, 9.17) is 14.6 Å². The van der Waals surface area contributed by atoms with Gasteiger partial charge in [0.05, 0.1) is 12.7 Å². The molecule has 0 aromatic heterocycles. The number of aryl methyl sites for hydroxylation is 1. The van der Waals surface area contributed by atoms with Gasteiger partial charge in [-0.1, -0.05) is 42.5 Å². The van der Waals surface area contributed by atoms with Crippen molar-refractivity contribution in [1.82, 2.24) is 5.32 Å². The van der Waals surface area contributed by atoms with Crippen LogP contribution in [0.2, 0.25) is 0 Å². The topological polar surface area (TPSA) is 67.8 Å². The highest BCUT2D eigenvalue weighted by Gasteiger charge is 2.08. The summed E-state index contributed by atoms with van der Waals surface area (Å²) in [6, 6.07) is 20.9. The summed E-state index contributed by atoms with van der Waals surface area (Å²) < 4.78 is 11.5. The van der Waals surface area contributed by atoms with Crippen LogP contribution in [0.25, 0.3) is 0 Å². The third-order valence-electron chi connectivity index (χ3n) is 4.73. The predicted octanol–water partition coefficient (Wildman–Crippen LogP) is 4.99. The number of ether oxygens (including phenoxy) is 2. The van der Waals surface area contributed by atoms with Gasteiger partial charge in [-0.2, -0.15) is 0 Å². The lowest BCUT2D eigenvalue weighted by atomic mass is 10.1. The Balaban J connectivity index is 0.00000320. The molecule has 0 spiro atoms. The minimum absolute atomic E-state index is 0. The zero-order chi connectivity index (χ0) is 20.6. The minimum atomic E-state index is -0.915. The van der Waals surface area contributed by atoms with Gasteiger partial charge in [-0.3, -0.25) is 0 Å². The van der Waals surface area contributed by atoms with E-state index in [1.165, 1.54) is 5.56 Å². The molecule has 0 amide bonds. The number of methoxy groups -OCH3 is 1. The van der Waals surface area contributed by atoms with Gasteiger partial charge in [-0.05, 0) is 53.4 Å². The number of rotatable bonds is 9. The molecule has 0 saturated carbocycles. The molecule has 0 bridgehead atoms. The lowest BCUT2D eigenvalue weighted by Gasteiger charge is -2.14. The van der Waals surface area contributed by atoms with Crippen LogP contribution in [-0.2, 0) is 19.7 Å². The third kappa shape index (κ3) is 6.24. The van der Waals surface area contributed by atoms with E-state index in [0.29, 0.717) is 36.8 Å². The van der Waals surface area contributed by atoms with Crippen LogP contribution in [0.4, 0.5) is 0 Å². The van der Waals surface area contributed by atoms with E-state index in [2.05, 4.69) is 24.4 Å². The lowest BCUT2D eigenvalue weighted by molar-refractivity contribution is 0.0697. The smallest absolute Gasteiger partial charge is 0.335 e. The molecule has 0 aliphatic carbocycles. The van der Waals surface area contributed by atoms with Crippen LogP contribution in [0.3, 0.4) is 0 Å². The van der Waals surface area contributed by atoms with Crippen molar-refractivity contribution in [2.24, 2.45) is 0 Å². The van der Waals surface area contributed by atoms with E-state index in [1.807, 2.05) is 42.5 Å². The summed E-state index contributed by atoms with van der Waals surface area (Å²) in [5.41, 5.74) is 4.74. The number of carbonyl (C=O) groups is 1. The van der Waals surface area contributed by atoms with Gasteiger partial charge in [0.2, 0.25) is 0 Å². The molecular formula is C24H26ClNO4. The van der Waals surface area contributed by atoms with Crippen molar-refractivity contribution in [3.8, 4) is 11.5 Å². The molecule has 0 radical (unpaired) electrons. The summed E-state index contributed by atoms with van der Waals surface area (Å²) in [6.45, 7) is 3.87. The summed E-state index contributed by atoms with van der Waals surface area (Å²) in [4.78, 5) is 10.9. The maximum Gasteiger partial charge on any atom is 0.335 e. The van der Waals surface area contributed by atoms with Gasteiger partial charge in [-0.25, -0.2) is 4.79 Å². The molecule has 5 nitrogen and oxygen atoms in total. The van der Waals surface area contributed by atoms with Crippen LogP contribution >= 0.6 is 12.4 Å². The van der Waals surface area contributed by atoms with E-state index >= 15 is 0 Å². The SMILES string of the molecule is COc1cc(CNCc2ccc(C(=O)O)cc2)ccc1OCc1ccccc1C.Cl. The molecule has 0 unspecified atom stereocenters. The molecule has 3 aromatic rings. The largest absolute Gasteiger partial charge is 0.493 e. The van der Waals surface area contributed by atoms with Crippen LogP contribution in [0.5, 0.6) is 11.5 Å². The highest BCUT2D eigenvalue weighted by atomic mass is 35.5. The fourth-order valence-electron chi connectivity index (χ4n) is 2.99. The van der Waals surface area contributed by atoms with Gasteiger partial charge in [0.25, 0.3) is 0 Å². The Labute approximate surface area is 183 Å². The van der Waals surface area contributed by atoms with Crippen molar-refractivity contribution < 1.29 is 19.4 Å². The quantitative estimate of drug-likeness (QED) is 0.503. The zero-order valence-corrected chi connectivity index (χ0v) is 17.9. The normalized spacial score (nSPS) is 10.2. The lowest BCUT2D eigenvalue weighted by Crippen LogP contribution is -2.13. The molecule has 30 heavy (non-hydrogen) atoms. The first-order valence-corrected chi connectivity index (χ1v) is 9.44. The third-order valence-corrected chi connectivity index (χ3v) is 4.73. The molecule has 6 heteroatoms. The number of carboxylic acids is 1. The number of hydrogen-bond acceptors (Lipinski definition) is 4. The van der Waals surface area contributed by atoms with Crippen molar-refractivity contribution >= 4 is 18.4 Å². The Bertz CT molecular complexity index is 973. The van der Waals surface area contributed by atoms with E-state index in [1.54, 1.807) is 19.2 Å². The van der Waals surface area contributed by atoms with Gasteiger partial charge < -0.3 is 19.9 Å². The standard InChI is InChI=1S/C24H25NO4.ClH/c1-17-5-3-4-6-21(17)16-29-22-12-9-19(13-23(22)28-2)15-25-14-18-7-10-20(11-8-18)24(26)27;/h3-13,25H,14-16H2,1-2H3,(H,26,27);1H. The van der Waals surface area contributed by atoms with Crippen LogP contribution in [0.15, 0.2) is 66.7 Å². The molecule has 2 N–H and O–H groups in total. The van der Waals surface area contributed by atoms with Gasteiger partial charge >= 0.3 is 5.97 Å². The molecule has 0 fully saturated rings. The number of halogens is 1. The summed E-state index contributed by atoms with van der Waals surface area (Å²) in [5.74, 6) is 0.494. The van der Waals surface area contributed by atoms with Crippen molar-refractivity contribution in [3.05, 3.63) is 94.5 Å². The molecule has 0 aliphatic heterocycles. The summed E-state index contributed by atoms with van der Waals surface area (Å²) in [6.07, 6.45) is 0. The van der Waals surface area contributed by atoms with Crippen LogP contribution < -0.4 is 14.8 Å². The molecule has 0 aliphatic rings. The number of carboxylic acid groups (broad SMARTS) is 1. The van der Waals surface area contributed by atoms with Crippen molar-refractivity contribution in [1.29, 1.82) is 0 Å². The van der Waals surface area contributed by atoms with Gasteiger partial charge in [-0.15, -0.1) is 12.4 Å². The maximum absolute atomic E-state index is 10.9. The second-order valence-corrected chi connectivity index (χ2v) is 6.81. The first-order valence-electron chi connectivity index (χ1n) is 9.44. The van der Waals surface area contributed by atoms with E-state index in [0.717, 1.165) is 16.7 Å². The van der Waals surface area contributed by atoms with Gasteiger partial charge in [0.1, 0.15) is 6.61 Å². The Hall–Kier alpha value is -3.02. The van der Waals surface area contributed by atoms with E-state index < -0.39 is 5.97 Å². The average Bonchev–Trinajstić information content (AvgIpc) is 2.74. The van der Waals surface area contributed by atoms with Crippen molar-refractivity contribution in [2.75, 3.05) is 7.11 Å². The molecule has 158 valence electrons. The molecular weight excluding hydrogens is 402 g/mol. The van der Waals surface area contributed by atoms with Gasteiger partial charge in [0, 0.05) is 13.1 Å². The highest BCUT2D eigenvalue weighted by Crippen LogP contribution is 2.29. The fraction of sp³-hybridized carbons (Fsp3) is 0.208. The Kier molecular flexibility index (Phi) is 8.71. The number of benzene rings is 3. The zero-order valence-electron chi connectivity index (χ0n) is 17.1. The number of aromatic carboxylic acids is 1. The molecule has 0 atom stereocenters. The maximum atomic E-state index is 10.9. The van der Waals surface area contributed by atoms with Crippen molar-refractivity contribution in [3.63, 3.8) is 0 Å². The van der Waals surface area contributed by atoms with Crippen LogP contribution in [0.1, 0.15) is 32.6 Å². The number of hydrogen-bond donors (Lipinski definition) is 2. The van der Waals surface area contributed by atoms with Crippen LogP contribution in [0, 0.1) is 6.92 Å². The molecule has 0 saturated heterocycles. The summed E-state index contributed by atoms with van der Waals surface area (Å²) in [7, 11) is 1.64. The Morgan fingerprint density at radius 3 is 2.27 bits per heavy atom. The second kappa shape index (κ2) is 11.2. The Morgan fingerprint density at radius 1 is 0.933 bits per heavy atom. The van der Waals surface area contributed by atoms with Gasteiger partial charge in [0.15, 0.2) is 11.5 Å². The molecule has 3 aromatic carbocycles. The summed E-state index contributed by atoms with van der Waals surface area (Å²) >= 11 is 0. The van der Waals surface area contributed by atoms with Crippen molar-refractivity contribution in [2.45, 2.75) is 26.6 Å². The fourth-order valence-corrected chi connectivity index (χ4v) is 2.99. The first-order chi connectivity index (χ1) is 14.1. The molecule has 0 heterocycles. The summed E-state index contributed by atoms with van der Waals surface area (Å²) in [5, 5.41) is 12.3. The minimum Gasteiger partial charge on any atom is -0.493 e. The monoisotopic (exact) mass is 427 g/mol. The second-order valence-electron chi connectivity index (χ2n) is 6.81. The molecule has 3 rings (SSSR count). The van der Waals surface area contributed by atoms with Crippen LogP contribution in [-0.4, -0.2) is 18.2 Å².